The fraction of sp³-hybridized carbons (Fsp3) is 0.316. The van der Waals surface area contributed by atoms with Crippen LogP contribution in [0.4, 0.5) is 0 Å². The van der Waals surface area contributed by atoms with Crippen molar-refractivity contribution >= 4 is 28.5 Å². The van der Waals surface area contributed by atoms with Gasteiger partial charge in [-0.25, -0.2) is 0 Å². The second-order valence-electron chi connectivity index (χ2n) is 5.77. The van der Waals surface area contributed by atoms with Crippen LogP contribution in [0.3, 0.4) is 0 Å². The van der Waals surface area contributed by atoms with Crippen LogP contribution in [0.25, 0.3) is 0 Å². The molecular formula is C19H20INO3. The van der Waals surface area contributed by atoms with E-state index in [0.717, 1.165) is 19.4 Å². The Hall–Kier alpha value is -1.76. The van der Waals surface area contributed by atoms with E-state index in [4.69, 9.17) is 9.47 Å². The van der Waals surface area contributed by atoms with Gasteiger partial charge >= 0.3 is 0 Å². The number of amides is 1. The van der Waals surface area contributed by atoms with Crippen molar-refractivity contribution in [3.8, 4) is 11.5 Å². The molecule has 24 heavy (non-hydrogen) atoms. The van der Waals surface area contributed by atoms with Crippen LogP contribution in [-0.4, -0.2) is 31.6 Å². The molecule has 0 bridgehead atoms. The lowest BCUT2D eigenvalue weighted by Gasteiger charge is -2.26. The predicted molar refractivity (Wildman–Crippen MR) is 102 cm³/mol. The highest BCUT2D eigenvalue weighted by Crippen LogP contribution is 2.35. The minimum Gasteiger partial charge on any atom is -0.497 e. The maximum Gasteiger partial charge on any atom is 0.258 e. The van der Waals surface area contributed by atoms with E-state index in [2.05, 4.69) is 46.9 Å². The molecule has 1 fully saturated rings. The Balaban J connectivity index is 1.92. The summed E-state index contributed by atoms with van der Waals surface area (Å²) in [6, 6.07) is 13.8. The number of halogens is 1. The van der Waals surface area contributed by atoms with Crippen molar-refractivity contribution in [2.24, 2.45) is 0 Å². The molecular weight excluding hydrogens is 417 g/mol. The van der Waals surface area contributed by atoms with E-state index in [9.17, 15) is 4.79 Å². The molecule has 0 spiro atoms. The lowest BCUT2D eigenvalue weighted by Crippen LogP contribution is -2.30. The fourth-order valence-corrected chi connectivity index (χ4v) is 3.54. The molecule has 2 aromatic rings. The summed E-state index contributed by atoms with van der Waals surface area (Å²) in [5.41, 5.74) is 1.73. The van der Waals surface area contributed by atoms with Gasteiger partial charge in [-0.05, 0) is 71.3 Å². The lowest BCUT2D eigenvalue weighted by molar-refractivity contribution is 0.0732. The Morgan fingerprint density at radius 3 is 2.54 bits per heavy atom. The summed E-state index contributed by atoms with van der Waals surface area (Å²) in [5.74, 6) is 1.23. The number of benzene rings is 2. The third-order valence-electron chi connectivity index (χ3n) is 4.41. The first kappa shape index (κ1) is 17.1. The summed E-state index contributed by atoms with van der Waals surface area (Å²) in [6.07, 6.45) is 1.99. The highest BCUT2D eigenvalue weighted by Gasteiger charge is 2.32. The van der Waals surface area contributed by atoms with Gasteiger partial charge in [0.15, 0.2) is 0 Å². The first-order chi connectivity index (χ1) is 11.6. The van der Waals surface area contributed by atoms with Gasteiger partial charge in [-0.15, -0.1) is 0 Å². The second kappa shape index (κ2) is 7.42. The summed E-state index contributed by atoms with van der Waals surface area (Å²) >= 11 is 2.29. The second-order valence-corrected chi connectivity index (χ2v) is 7.02. The van der Waals surface area contributed by atoms with Crippen LogP contribution < -0.4 is 9.47 Å². The largest absolute Gasteiger partial charge is 0.497 e. The minimum absolute atomic E-state index is 0.00759. The van der Waals surface area contributed by atoms with Gasteiger partial charge in [-0.3, -0.25) is 4.79 Å². The average molecular weight is 437 g/mol. The lowest BCUT2D eigenvalue weighted by atomic mass is 10.0. The maximum absolute atomic E-state index is 13.1. The molecule has 4 nitrogen and oxygen atoms in total. The van der Waals surface area contributed by atoms with Crippen LogP contribution in [0, 0.1) is 3.57 Å². The van der Waals surface area contributed by atoms with Crippen molar-refractivity contribution in [3.05, 3.63) is 57.2 Å². The first-order valence-corrected chi connectivity index (χ1v) is 9.00. The number of likely N-dealkylation sites (tertiary alicyclic amines) is 1. The molecule has 0 saturated carbocycles. The quantitative estimate of drug-likeness (QED) is 0.671. The van der Waals surface area contributed by atoms with Crippen LogP contribution in [0.15, 0.2) is 42.5 Å². The normalized spacial score (nSPS) is 17.0. The topological polar surface area (TPSA) is 38.8 Å². The number of methoxy groups -OCH3 is 2. The molecule has 1 amide bonds. The van der Waals surface area contributed by atoms with Gasteiger partial charge < -0.3 is 14.4 Å². The van der Waals surface area contributed by atoms with E-state index < -0.39 is 0 Å². The number of nitrogens with zero attached hydrogens (tertiary/aromatic N) is 1. The van der Waals surface area contributed by atoms with E-state index in [0.29, 0.717) is 17.1 Å². The molecule has 1 saturated heterocycles. The molecule has 0 radical (unpaired) electrons. The van der Waals surface area contributed by atoms with Crippen molar-refractivity contribution in [1.29, 1.82) is 0 Å². The Morgan fingerprint density at radius 2 is 1.88 bits per heavy atom. The zero-order valence-electron chi connectivity index (χ0n) is 13.8. The number of ether oxygens (including phenoxy) is 2. The van der Waals surface area contributed by atoms with Gasteiger partial charge in [0.2, 0.25) is 0 Å². The van der Waals surface area contributed by atoms with Crippen molar-refractivity contribution < 1.29 is 14.3 Å². The number of rotatable bonds is 4. The van der Waals surface area contributed by atoms with Crippen molar-refractivity contribution in [2.75, 3.05) is 20.8 Å². The Bertz CT molecular complexity index is 730. The molecule has 0 unspecified atom stereocenters. The number of hydrogen-bond acceptors (Lipinski definition) is 3. The summed E-state index contributed by atoms with van der Waals surface area (Å²) in [4.78, 5) is 15.1. The molecule has 2 aromatic carbocycles. The van der Waals surface area contributed by atoms with Crippen molar-refractivity contribution in [3.63, 3.8) is 0 Å². The molecule has 1 aliphatic rings. The third kappa shape index (κ3) is 3.36. The van der Waals surface area contributed by atoms with Gasteiger partial charge in [-0.2, -0.15) is 0 Å². The SMILES string of the molecule is COc1ccc(OC)c(C(=O)N2CCC[C@@H]2c2ccc(I)cc2)c1. The number of carbonyl (C=O) groups excluding carboxylic acids is 1. The van der Waals surface area contributed by atoms with E-state index >= 15 is 0 Å². The third-order valence-corrected chi connectivity index (χ3v) is 5.12. The van der Waals surface area contributed by atoms with Gasteiger partial charge in [0.05, 0.1) is 25.8 Å². The molecule has 0 aliphatic carbocycles. The zero-order chi connectivity index (χ0) is 17.1. The Morgan fingerprint density at radius 1 is 1.12 bits per heavy atom. The summed E-state index contributed by atoms with van der Waals surface area (Å²) < 4.78 is 11.8. The molecule has 3 rings (SSSR count). The average Bonchev–Trinajstić information content (AvgIpc) is 3.10. The summed E-state index contributed by atoms with van der Waals surface area (Å²) in [7, 11) is 3.18. The van der Waals surface area contributed by atoms with Gasteiger partial charge in [0.1, 0.15) is 11.5 Å². The van der Waals surface area contributed by atoms with E-state index in [1.54, 1.807) is 32.4 Å². The fourth-order valence-electron chi connectivity index (χ4n) is 3.18. The monoisotopic (exact) mass is 437 g/mol. The van der Waals surface area contributed by atoms with Crippen LogP contribution in [-0.2, 0) is 0 Å². The molecule has 126 valence electrons. The van der Waals surface area contributed by atoms with Crippen molar-refractivity contribution in [2.45, 2.75) is 18.9 Å². The highest BCUT2D eigenvalue weighted by molar-refractivity contribution is 14.1. The van der Waals surface area contributed by atoms with E-state index in [1.165, 1.54) is 9.13 Å². The number of carbonyl (C=O) groups is 1. The van der Waals surface area contributed by atoms with Gasteiger partial charge in [0, 0.05) is 10.1 Å². The Kier molecular flexibility index (Phi) is 5.28. The summed E-state index contributed by atoms with van der Waals surface area (Å²) in [6.45, 7) is 0.760. The van der Waals surface area contributed by atoms with Crippen LogP contribution in [0.1, 0.15) is 34.8 Å². The van der Waals surface area contributed by atoms with Gasteiger partial charge in [0.25, 0.3) is 5.91 Å². The van der Waals surface area contributed by atoms with E-state index in [1.807, 2.05) is 4.90 Å². The highest BCUT2D eigenvalue weighted by atomic mass is 127. The molecule has 1 aliphatic heterocycles. The van der Waals surface area contributed by atoms with E-state index in [-0.39, 0.29) is 11.9 Å². The molecule has 1 atom stereocenters. The van der Waals surface area contributed by atoms with Crippen LogP contribution in [0.5, 0.6) is 11.5 Å². The maximum atomic E-state index is 13.1. The smallest absolute Gasteiger partial charge is 0.258 e. The molecule has 0 N–H and O–H groups in total. The standard InChI is InChI=1S/C19H20INO3/c1-23-15-9-10-18(24-2)16(12-15)19(22)21-11-3-4-17(21)13-5-7-14(20)8-6-13/h5-10,12,17H,3-4,11H2,1-2H3/t17-/m1/s1. The molecule has 5 heteroatoms. The minimum atomic E-state index is -0.00759. The summed E-state index contributed by atoms with van der Waals surface area (Å²) in [5, 5.41) is 0. The molecule has 0 aromatic heterocycles. The van der Waals surface area contributed by atoms with Gasteiger partial charge in [-0.1, -0.05) is 12.1 Å². The number of hydrogen-bond donors (Lipinski definition) is 0. The zero-order valence-corrected chi connectivity index (χ0v) is 15.9. The van der Waals surface area contributed by atoms with Crippen LogP contribution >= 0.6 is 22.6 Å². The Labute approximate surface area is 155 Å². The van der Waals surface area contributed by atoms with Crippen molar-refractivity contribution in [1.82, 2.24) is 4.90 Å². The molecule has 1 heterocycles. The first-order valence-electron chi connectivity index (χ1n) is 7.92. The predicted octanol–water partition coefficient (Wildman–Crippen LogP) is 4.29. The van der Waals surface area contributed by atoms with Crippen LogP contribution in [0.2, 0.25) is 0 Å².